The third-order valence-corrected chi connectivity index (χ3v) is 5.41. The third kappa shape index (κ3) is 4.07. The van der Waals surface area contributed by atoms with Crippen LogP contribution in [0.15, 0.2) is 10.9 Å². The summed E-state index contributed by atoms with van der Waals surface area (Å²) in [6, 6.07) is 1.82. The Morgan fingerprint density at radius 3 is 2.81 bits per heavy atom. The quantitative estimate of drug-likeness (QED) is 0.810. The lowest BCUT2D eigenvalue weighted by molar-refractivity contribution is -0.136. The highest BCUT2D eigenvalue weighted by Gasteiger charge is 2.37. The largest absolute Gasteiger partial charge is 0.378 e. The maximum absolute atomic E-state index is 12.7. The molecule has 2 aliphatic heterocycles. The molecule has 8 nitrogen and oxygen atoms in total. The molecule has 3 rings (SSSR count). The molecule has 0 aromatic carbocycles. The maximum Gasteiger partial charge on any atom is 0.252 e. The Kier molecular flexibility index (Phi) is 5.62. The highest BCUT2D eigenvalue weighted by Crippen LogP contribution is 2.26. The van der Waals surface area contributed by atoms with E-state index in [4.69, 9.17) is 4.74 Å². The van der Waals surface area contributed by atoms with Crippen LogP contribution in [-0.4, -0.2) is 78.7 Å². The molecule has 2 saturated heterocycles. The fraction of sp³-hybridized carbons (Fsp3) is 0.722. The van der Waals surface area contributed by atoms with E-state index < -0.39 is 0 Å². The smallest absolute Gasteiger partial charge is 0.252 e. The topological polar surface area (TPSA) is 81.8 Å². The number of H-pyrrole nitrogens is 1. The maximum atomic E-state index is 12.7. The highest BCUT2D eigenvalue weighted by molar-refractivity contribution is 5.80. The van der Waals surface area contributed by atoms with E-state index in [0.717, 1.165) is 31.6 Å². The predicted molar refractivity (Wildman–Crippen MR) is 99.2 cm³/mol. The molecule has 2 fully saturated rings. The fourth-order valence-electron chi connectivity index (χ4n) is 3.76. The van der Waals surface area contributed by atoms with Gasteiger partial charge in [0, 0.05) is 52.4 Å². The van der Waals surface area contributed by atoms with Gasteiger partial charge in [0.25, 0.3) is 5.56 Å². The standard InChI is InChI=1S/C18H29N5O3/c1-12-15(6-8-26-12)17(25)23-7-5-14(11-23)22(4)10-13-9-16(24)20-18(19-13)21(2)3/h9,12,14-15H,5-8,10-11H2,1-4H3,(H,19,20,24)/t12-,14-,15+/m0/s1. The Morgan fingerprint density at radius 1 is 1.38 bits per heavy atom. The molecule has 0 aliphatic carbocycles. The number of hydrogen-bond acceptors (Lipinski definition) is 6. The number of nitrogens with zero attached hydrogens (tertiary/aromatic N) is 4. The molecule has 1 aromatic rings. The number of anilines is 1. The van der Waals surface area contributed by atoms with Gasteiger partial charge in [0.15, 0.2) is 0 Å². The molecule has 1 aromatic heterocycles. The molecule has 144 valence electrons. The third-order valence-electron chi connectivity index (χ3n) is 5.41. The zero-order valence-electron chi connectivity index (χ0n) is 16.1. The monoisotopic (exact) mass is 363 g/mol. The number of nitrogens with one attached hydrogen (secondary N) is 1. The minimum atomic E-state index is -0.148. The second kappa shape index (κ2) is 7.75. The first-order valence-corrected chi connectivity index (χ1v) is 9.23. The van der Waals surface area contributed by atoms with E-state index in [9.17, 15) is 9.59 Å². The fourth-order valence-corrected chi connectivity index (χ4v) is 3.76. The van der Waals surface area contributed by atoms with Crippen LogP contribution in [0.3, 0.4) is 0 Å². The zero-order chi connectivity index (χ0) is 18.8. The van der Waals surface area contributed by atoms with E-state index in [1.165, 1.54) is 0 Å². The zero-order valence-corrected chi connectivity index (χ0v) is 16.1. The van der Waals surface area contributed by atoms with E-state index in [1.54, 1.807) is 11.0 Å². The van der Waals surface area contributed by atoms with Gasteiger partial charge in [0.2, 0.25) is 11.9 Å². The molecule has 26 heavy (non-hydrogen) atoms. The summed E-state index contributed by atoms with van der Waals surface area (Å²) in [7, 11) is 5.72. The number of likely N-dealkylation sites (tertiary alicyclic amines) is 1. The molecule has 8 heteroatoms. The van der Waals surface area contributed by atoms with Crippen molar-refractivity contribution < 1.29 is 9.53 Å². The Morgan fingerprint density at radius 2 is 2.15 bits per heavy atom. The van der Waals surface area contributed by atoms with Gasteiger partial charge >= 0.3 is 0 Å². The number of rotatable bonds is 5. The van der Waals surface area contributed by atoms with E-state index >= 15 is 0 Å². The van der Waals surface area contributed by atoms with Crippen molar-refractivity contribution in [2.24, 2.45) is 5.92 Å². The second-order valence-electron chi connectivity index (χ2n) is 7.57. The van der Waals surface area contributed by atoms with Crippen LogP contribution in [0.1, 0.15) is 25.5 Å². The van der Waals surface area contributed by atoms with Crippen LogP contribution in [-0.2, 0) is 16.1 Å². The van der Waals surface area contributed by atoms with E-state index in [-0.39, 0.29) is 29.5 Å². The van der Waals surface area contributed by atoms with Crippen LogP contribution in [0.4, 0.5) is 5.95 Å². The molecular formula is C18H29N5O3. The number of amides is 1. The number of aromatic nitrogens is 2. The number of ether oxygens (including phenoxy) is 1. The molecule has 3 atom stereocenters. The van der Waals surface area contributed by atoms with Crippen molar-refractivity contribution >= 4 is 11.9 Å². The van der Waals surface area contributed by atoms with Gasteiger partial charge in [-0.1, -0.05) is 0 Å². The van der Waals surface area contributed by atoms with Gasteiger partial charge in [0.1, 0.15) is 0 Å². The Labute approximate surface area is 154 Å². The van der Waals surface area contributed by atoms with E-state index in [0.29, 0.717) is 19.1 Å². The van der Waals surface area contributed by atoms with Crippen LogP contribution in [0.5, 0.6) is 0 Å². The summed E-state index contributed by atoms with van der Waals surface area (Å²) >= 11 is 0. The van der Waals surface area contributed by atoms with Crippen LogP contribution in [0, 0.1) is 5.92 Å². The Balaban J connectivity index is 1.60. The summed E-state index contributed by atoms with van der Waals surface area (Å²) in [6.07, 6.45) is 1.78. The average molecular weight is 363 g/mol. The number of likely N-dealkylation sites (N-methyl/N-ethyl adjacent to an activating group) is 1. The number of hydrogen-bond donors (Lipinski definition) is 1. The van der Waals surface area contributed by atoms with Gasteiger partial charge in [-0.25, -0.2) is 4.98 Å². The highest BCUT2D eigenvalue weighted by atomic mass is 16.5. The first kappa shape index (κ1) is 18.8. The van der Waals surface area contributed by atoms with Crippen molar-refractivity contribution in [3.8, 4) is 0 Å². The lowest BCUT2D eigenvalue weighted by atomic mass is 10.0. The van der Waals surface area contributed by atoms with Crippen LogP contribution in [0.25, 0.3) is 0 Å². The summed E-state index contributed by atoms with van der Waals surface area (Å²) in [5, 5.41) is 0. The minimum absolute atomic E-state index is 0.00365. The van der Waals surface area contributed by atoms with Gasteiger partial charge in [-0.05, 0) is 26.8 Å². The molecule has 0 bridgehead atoms. The summed E-state index contributed by atoms with van der Waals surface area (Å²) in [5.41, 5.74) is 0.591. The van der Waals surface area contributed by atoms with Crippen molar-refractivity contribution in [3.63, 3.8) is 0 Å². The van der Waals surface area contributed by atoms with Gasteiger partial charge in [-0.15, -0.1) is 0 Å². The van der Waals surface area contributed by atoms with E-state index in [1.807, 2.05) is 33.0 Å². The number of carbonyl (C=O) groups is 1. The first-order valence-electron chi connectivity index (χ1n) is 9.23. The summed E-state index contributed by atoms with van der Waals surface area (Å²) in [5.74, 6) is 0.769. The Bertz CT molecular complexity index is 704. The number of aromatic amines is 1. The molecule has 1 amide bonds. The van der Waals surface area contributed by atoms with Gasteiger partial charge < -0.3 is 14.5 Å². The van der Waals surface area contributed by atoms with Crippen LogP contribution < -0.4 is 10.5 Å². The SMILES string of the molecule is C[C@@H]1OCC[C@H]1C(=O)N1CC[C@H](N(C)Cc2cc(=O)[nH]c(N(C)C)n2)C1. The summed E-state index contributed by atoms with van der Waals surface area (Å²) < 4.78 is 5.54. The molecule has 1 N–H and O–H groups in total. The van der Waals surface area contributed by atoms with Crippen molar-refractivity contribution in [2.75, 3.05) is 45.7 Å². The predicted octanol–water partition coefficient (Wildman–Crippen LogP) is 0.294. The molecule has 0 spiro atoms. The number of carbonyl (C=O) groups excluding carboxylic acids is 1. The first-order chi connectivity index (χ1) is 12.3. The summed E-state index contributed by atoms with van der Waals surface area (Å²) in [4.78, 5) is 37.7. The normalized spacial score (nSPS) is 25.9. The molecule has 0 unspecified atom stereocenters. The molecular weight excluding hydrogens is 334 g/mol. The molecule has 3 heterocycles. The molecule has 2 aliphatic rings. The van der Waals surface area contributed by atoms with E-state index in [2.05, 4.69) is 14.9 Å². The van der Waals surface area contributed by atoms with Gasteiger partial charge in [-0.2, -0.15) is 0 Å². The van der Waals surface area contributed by atoms with Crippen molar-refractivity contribution in [3.05, 3.63) is 22.1 Å². The van der Waals surface area contributed by atoms with Crippen LogP contribution >= 0.6 is 0 Å². The molecule has 0 saturated carbocycles. The van der Waals surface area contributed by atoms with Crippen molar-refractivity contribution in [1.82, 2.24) is 19.8 Å². The lowest BCUT2D eigenvalue weighted by Crippen LogP contribution is -2.40. The van der Waals surface area contributed by atoms with Gasteiger partial charge in [-0.3, -0.25) is 19.5 Å². The minimum Gasteiger partial charge on any atom is -0.378 e. The van der Waals surface area contributed by atoms with Crippen molar-refractivity contribution in [2.45, 2.75) is 38.5 Å². The molecule has 0 radical (unpaired) electrons. The van der Waals surface area contributed by atoms with Crippen LogP contribution in [0.2, 0.25) is 0 Å². The summed E-state index contributed by atoms with van der Waals surface area (Å²) in [6.45, 7) is 4.75. The van der Waals surface area contributed by atoms with Gasteiger partial charge in [0.05, 0.1) is 17.7 Å². The average Bonchev–Trinajstić information content (AvgIpc) is 3.22. The lowest BCUT2D eigenvalue weighted by Gasteiger charge is -2.26. The van der Waals surface area contributed by atoms with Crippen molar-refractivity contribution in [1.29, 1.82) is 0 Å². The second-order valence-corrected chi connectivity index (χ2v) is 7.57. The Hall–Kier alpha value is -1.93.